The Morgan fingerprint density at radius 2 is 1.89 bits per heavy atom. The minimum atomic E-state index is -0.571. The lowest BCUT2D eigenvalue weighted by Gasteiger charge is -2.58. The van der Waals surface area contributed by atoms with Crippen LogP contribution < -0.4 is 0 Å². The first-order valence-electron chi connectivity index (χ1n) is 11.1. The Morgan fingerprint density at radius 1 is 1.15 bits per heavy atom. The third-order valence-electron chi connectivity index (χ3n) is 9.24. The average Bonchev–Trinajstić information content (AvgIpc) is 2.92. The maximum absolute atomic E-state index is 11.4. The SMILES string of the molecule is CC(=O)OC1CCC2(C)C(=CCC3C2CCC2(C)C3CCC2C(C)(C)O)C1. The van der Waals surface area contributed by atoms with E-state index < -0.39 is 5.60 Å². The van der Waals surface area contributed by atoms with E-state index in [0.29, 0.717) is 5.92 Å². The van der Waals surface area contributed by atoms with Gasteiger partial charge in [0.25, 0.3) is 0 Å². The molecule has 3 saturated carbocycles. The highest BCUT2D eigenvalue weighted by Gasteiger charge is 2.60. The number of allylic oxidation sites excluding steroid dienone is 1. The van der Waals surface area contributed by atoms with Gasteiger partial charge in [-0.15, -0.1) is 0 Å². The zero-order chi connectivity index (χ0) is 19.6. The van der Waals surface area contributed by atoms with Gasteiger partial charge in [0, 0.05) is 13.3 Å². The standard InChI is InChI=1S/C24H38O3/c1-15(25)27-17-10-12-23(4)16(14-17)6-7-18-19-8-9-21(22(2,3)26)24(19,5)13-11-20(18)23/h6,17-21,26H,7-14H2,1-5H3. The van der Waals surface area contributed by atoms with Crippen molar-refractivity contribution >= 4 is 5.97 Å². The largest absolute Gasteiger partial charge is 0.462 e. The van der Waals surface area contributed by atoms with Crippen LogP contribution in [0, 0.1) is 34.5 Å². The van der Waals surface area contributed by atoms with Gasteiger partial charge < -0.3 is 9.84 Å². The number of fused-ring (bicyclic) bond motifs is 5. The lowest BCUT2D eigenvalue weighted by Crippen LogP contribution is -2.52. The first kappa shape index (κ1) is 19.5. The van der Waals surface area contributed by atoms with E-state index in [1.165, 1.54) is 39.0 Å². The maximum atomic E-state index is 11.4. The van der Waals surface area contributed by atoms with Crippen molar-refractivity contribution in [1.29, 1.82) is 0 Å². The highest BCUT2D eigenvalue weighted by Crippen LogP contribution is 2.67. The maximum Gasteiger partial charge on any atom is 0.302 e. The molecule has 3 fully saturated rings. The van der Waals surface area contributed by atoms with Crippen molar-refractivity contribution in [3.8, 4) is 0 Å². The van der Waals surface area contributed by atoms with Crippen molar-refractivity contribution in [3.63, 3.8) is 0 Å². The number of aliphatic hydroxyl groups is 1. The summed E-state index contributed by atoms with van der Waals surface area (Å²) >= 11 is 0. The number of ether oxygens (including phenoxy) is 1. The molecule has 4 rings (SSSR count). The van der Waals surface area contributed by atoms with E-state index in [2.05, 4.69) is 19.9 Å². The summed E-state index contributed by atoms with van der Waals surface area (Å²) in [7, 11) is 0. The van der Waals surface area contributed by atoms with Gasteiger partial charge in [0.15, 0.2) is 0 Å². The molecular formula is C24H38O3. The van der Waals surface area contributed by atoms with Crippen LogP contribution in [0.25, 0.3) is 0 Å². The molecule has 0 bridgehead atoms. The monoisotopic (exact) mass is 374 g/mol. The Labute approximate surface area is 164 Å². The van der Waals surface area contributed by atoms with Crippen molar-refractivity contribution < 1.29 is 14.6 Å². The summed E-state index contributed by atoms with van der Waals surface area (Å²) in [5, 5.41) is 10.8. The van der Waals surface area contributed by atoms with Crippen LogP contribution in [0.1, 0.15) is 86.0 Å². The van der Waals surface area contributed by atoms with Crippen molar-refractivity contribution in [1.82, 2.24) is 0 Å². The van der Waals surface area contributed by atoms with Gasteiger partial charge in [-0.25, -0.2) is 0 Å². The summed E-state index contributed by atoms with van der Waals surface area (Å²) in [6.07, 6.45) is 11.9. The molecule has 7 atom stereocenters. The number of rotatable bonds is 2. The Kier molecular flexibility index (Phi) is 4.57. The second-order valence-electron chi connectivity index (χ2n) is 11.1. The fraction of sp³-hybridized carbons (Fsp3) is 0.875. The quantitative estimate of drug-likeness (QED) is 0.529. The lowest BCUT2D eigenvalue weighted by atomic mass is 9.47. The van der Waals surface area contributed by atoms with Gasteiger partial charge in [-0.1, -0.05) is 25.5 Å². The topological polar surface area (TPSA) is 46.5 Å². The first-order valence-corrected chi connectivity index (χ1v) is 11.1. The van der Waals surface area contributed by atoms with E-state index in [1.807, 2.05) is 13.8 Å². The molecule has 0 saturated heterocycles. The van der Waals surface area contributed by atoms with E-state index >= 15 is 0 Å². The fourth-order valence-electron chi connectivity index (χ4n) is 8.12. The minimum absolute atomic E-state index is 0.0817. The molecule has 0 aromatic carbocycles. The molecule has 0 radical (unpaired) electrons. The third kappa shape index (κ3) is 2.99. The molecular weight excluding hydrogens is 336 g/mol. The second-order valence-corrected chi connectivity index (χ2v) is 11.1. The molecule has 3 nitrogen and oxygen atoms in total. The summed E-state index contributed by atoms with van der Waals surface area (Å²) < 4.78 is 5.55. The number of carbonyl (C=O) groups excluding carboxylic acids is 1. The normalized spacial score (nSPS) is 46.7. The van der Waals surface area contributed by atoms with Crippen LogP contribution in [0.3, 0.4) is 0 Å². The molecule has 0 spiro atoms. The van der Waals surface area contributed by atoms with Crippen LogP contribution in [0.15, 0.2) is 11.6 Å². The molecule has 0 heterocycles. The number of esters is 1. The van der Waals surface area contributed by atoms with Gasteiger partial charge in [0.05, 0.1) is 5.60 Å². The molecule has 0 aliphatic heterocycles. The van der Waals surface area contributed by atoms with E-state index in [4.69, 9.17) is 4.74 Å². The van der Waals surface area contributed by atoms with Crippen molar-refractivity contribution in [2.24, 2.45) is 34.5 Å². The Morgan fingerprint density at radius 3 is 2.56 bits per heavy atom. The molecule has 0 aromatic heterocycles. The summed E-state index contributed by atoms with van der Waals surface area (Å²) in [6.45, 7) is 10.5. The molecule has 0 amide bonds. The molecule has 3 heteroatoms. The summed E-state index contributed by atoms with van der Waals surface area (Å²) in [4.78, 5) is 11.4. The van der Waals surface area contributed by atoms with E-state index in [0.717, 1.165) is 37.0 Å². The zero-order valence-electron chi connectivity index (χ0n) is 17.9. The zero-order valence-corrected chi connectivity index (χ0v) is 17.9. The van der Waals surface area contributed by atoms with Crippen LogP contribution >= 0.6 is 0 Å². The minimum Gasteiger partial charge on any atom is -0.462 e. The first-order chi connectivity index (χ1) is 12.6. The average molecular weight is 375 g/mol. The number of carbonyl (C=O) groups is 1. The van der Waals surface area contributed by atoms with Gasteiger partial charge in [0.2, 0.25) is 0 Å². The van der Waals surface area contributed by atoms with Crippen LogP contribution in [-0.4, -0.2) is 22.8 Å². The predicted octanol–water partition coefficient (Wildman–Crippen LogP) is 5.27. The highest BCUT2D eigenvalue weighted by molar-refractivity contribution is 5.66. The smallest absolute Gasteiger partial charge is 0.302 e. The van der Waals surface area contributed by atoms with Gasteiger partial charge in [-0.3, -0.25) is 4.79 Å². The Hall–Kier alpha value is -0.830. The van der Waals surface area contributed by atoms with Crippen LogP contribution in [0.5, 0.6) is 0 Å². The summed E-state index contributed by atoms with van der Waals surface area (Å²) in [5.41, 5.74) is 1.56. The van der Waals surface area contributed by atoms with Crippen LogP contribution in [-0.2, 0) is 9.53 Å². The van der Waals surface area contributed by atoms with E-state index in [9.17, 15) is 9.90 Å². The van der Waals surface area contributed by atoms with Gasteiger partial charge in [-0.2, -0.15) is 0 Å². The molecule has 27 heavy (non-hydrogen) atoms. The van der Waals surface area contributed by atoms with Crippen molar-refractivity contribution in [2.75, 3.05) is 0 Å². The second kappa shape index (κ2) is 6.34. The lowest BCUT2D eigenvalue weighted by molar-refractivity contribution is -0.149. The predicted molar refractivity (Wildman–Crippen MR) is 107 cm³/mol. The molecule has 7 unspecified atom stereocenters. The van der Waals surface area contributed by atoms with Gasteiger partial charge in [0.1, 0.15) is 6.10 Å². The van der Waals surface area contributed by atoms with E-state index in [1.54, 1.807) is 5.57 Å². The summed E-state index contributed by atoms with van der Waals surface area (Å²) in [6, 6.07) is 0. The molecule has 4 aliphatic rings. The fourth-order valence-corrected chi connectivity index (χ4v) is 8.12. The van der Waals surface area contributed by atoms with Gasteiger partial charge >= 0.3 is 5.97 Å². The molecule has 152 valence electrons. The van der Waals surface area contributed by atoms with Crippen molar-refractivity contribution in [3.05, 3.63) is 11.6 Å². The Bertz CT molecular complexity index is 645. The van der Waals surface area contributed by atoms with Crippen LogP contribution in [0.2, 0.25) is 0 Å². The summed E-state index contributed by atoms with van der Waals surface area (Å²) in [5.74, 6) is 2.54. The number of hydrogen-bond donors (Lipinski definition) is 1. The molecule has 1 N–H and O–H groups in total. The highest BCUT2D eigenvalue weighted by atomic mass is 16.5. The molecule has 4 aliphatic carbocycles. The molecule has 0 aromatic rings. The number of hydrogen-bond acceptors (Lipinski definition) is 3. The third-order valence-corrected chi connectivity index (χ3v) is 9.24. The van der Waals surface area contributed by atoms with E-state index in [-0.39, 0.29) is 22.9 Å². The van der Waals surface area contributed by atoms with Crippen LogP contribution in [0.4, 0.5) is 0 Å². The van der Waals surface area contributed by atoms with Gasteiger partial charge in [-0.05, 0) is 93.3 Å². The van der Waals surface area contributed by atoms with Crippen molar-refractivity contribution in [2.45, 2.75) is 97.7 Å². The Balaban J connectivity index is 1.58.